The van der Waals surface area contributed by atoms with E-state index < -0.39 is 24.2 Å². The number of carbonyl (C=O) groups is 1. The van der Waals surface area contributed by atoms with Crippen LogP contribution in [0.4, 0.5) is 8.78 Å². The van der Waals surface area contributed by atoms with Gasteiger partial charge in [0.05, 0.1) is 25.8 Å². The molecule has 2 aliphatic rings. The van der Waals surface area contributed by atoms with Crippen LogP contribution in [-0.2, 0) is 4.79 Å². The number of hydrogen-bond acceptors (Lipinski definition) is 6. The Labute approximate surface area is 177 Å². The molecule has 0 spiro atoms. The third-order valence-electron chi connectivity index (χ3n) is 5.30. The summed E-state index contributed by atoms with van der Waals surface area (Å²) in [4.78, 5) is 18.6. The molecule has 1 amide bonds. The van der Waals surface area contributed by atoms with Crippen molar-refractivity contribution < 1.29 is 23.4 Å². The van der Waals surface area contributed by atoms with E-state index in [4.69, 9.17) is 4.74 Å². The summed E-state index contributed by atoms with van der Waals surface area (Å²) in [6.45, 7) is 2.03. The summed E-state index contributed by atoms with van der Waals surface area (Å²) < 4.78 is 34.4. The Bertz CT molecular complexity index is 968. The summed E-state index contributed by atoms with van der Waals surface area (Å²) in [5, 5.41) is 10.5. The van der Waals surface area contributed by atoms with E-state index in [-0.39, 0.29) is 11.5 Å². The summed E-state index contributed by atoms with van der Waals surface area (Å²) >= 11 is 1.57. The van der Waals surface area contributed by atoms with Crippen LogP contribution in [0.15, 0.2) is 52.7 Å². The van der Waals surface area contributed by atoms with Gasteiger partial charge < -0.3 is 14.7 Å². The first-order chi connectivity index (χ1) is 14.5. The molecule has 2 saturated heterocycles. The largest absolute Gasteiger partial charge is 0.495 e. The number of likely N-dealkylation sites (tertiary alicyclic amines) is 1. The van der Waals surface area contributed by atoms with Gasteiger partial charge in [0, 0.05) is 37.8 Å². The average Bonchev–Trinajstić information content (AvgIpc) is 2.67. The summed E-state index contributed by atoms with van der Waals surface area (Å²) in [6, 6.07) is 6.81. The predicted octanol–water partition coefficient (Wildman–Crippen LogP) is 2.61. The Hall–Kier alpha value is -2.49. The van der Waals surface area contributed by atoms with Gasteiger partial charge in [0.1, 0.15) is 22.4 Å². The smallest absolute Gasteiger partial charge is 0.233 e. The Kier molecular flexibility index (Phi) is 6.03. The van der Waals surface area contributed by atoms with Crippen molar-refractivity contribution in [3.63, 3.8) is 0 Å². The van der Waals surface area contributed by atoms with Gasteiger partial charge >= 0.3 is 0 Å². The topological polar surface area (TPSA) is 65.9 Å². The zero-order valence-corrected chi connectivity index (χ0v) is 17.2. The van der Waals surface area contributed by atoms with Crippen LogP contribution >= 0.6 is 11.9 Å². The second kappa shape index (κ2) is 8.71. The van der Waals surface area contributed by atoms with E-state index in [0.717, 1.165) is 30.2 Å². The SMILES string of the molecule is COc1ccc(SN2CC(=C3CN(C(=O)C(CO)c4ccc(F)cc4F)C3)C2)nc1. The molecule has 2 aliphatic heterocycles. The highest BCUT2D eigenvalue weighted by molar-refractivity contribution is 7.97. The fourth-order valence-electron chi connectivity index (χ4n) is 3.45. The number of hydrogen-bond donors (Lipinski definition) is 1. The molecule has 158 valence electrons. The van der Waals surface area contributed by atoms with Crippen LogP contribution in [0.25, 0.3) is 0 Å². The van der Waals surface area contributed by atoms with Crippen molar-refractivity contribution in [2.24, 2.45) is 0 Å². The minimum Gasteiger partial charge on any atom is -0.495 e. The highest BCUT2D eigenvalue weighted by atomic mass is 32.2. The third kappa shape index (κ3) is 4.19. The number of aliphatic hydroxyl groups excluding tert-OH is 1. The molecule has 1 aromatic carbocycles. The number of rotatable bonds is 6. The van der Waals surface area contributed by atoms with E-state index in [2.05, 4.69) is 9.29 Å². The average molecular weight is 433 g/mol. The van der Waals surface area contributed by atoms with Crippen LogP contribution in [0, 0.1) is 11.6 Å². The molecule has 30 heavy (non-hydrogen) atoms. The normalized spacial score (nSPS) is 17.4. The van der Waals surface area contributed by atoms with E-state index in [1.807, 2.05) is 12.1 Å². The fraction of sp³-hybridized carbons (Fsp3) is 0.333. The summed E-state index contributed by atoms with van der Waals surface area (Å²) in [5.74, 6) is -2.19. The fourth-order valence-corrected chi connectivity index (χ4v) is 4.38. The first-order valence-electron chi connectivity index (χ1n) is 9.45. The Morgan fingerprint density at radius 1 is 1.20 bits per heavy atom. The third-order valence-corrected chi connectivity index (χ3v) is 6.24. The molecule has 6 nitrogen and oxygen atoms in total. The maximum atomic E-state index is 14.0. The molecule has 0 radical (unpaired) electrons. The molecular weight excluding hydrogens is 412 g/mol. The van der Waals surface area contributed by atoms with Crippen LogP contribution in [0.1, 0.15) is 11.5 Å². The molecule has 0 bridgehead atoms. The van der Waals surface area contributed by atoms with Gasteiger partial charge in [-0.05, 0) is 41.3 Å². The molecule has 1 atom stereocenters. The molecule has 2 fully saturated rings. The van der Waals surface area contributed by atoms with E-state index in [1.54, 1.807) is 30.2 Å². The molecule has 0 saturated carbocycles. The van der Waals surface area contributed by atoms with Crippen LogP contribution in [-0.4, -0.2) is 65.1 Å². The lowest BCUT2D eigenvalue weighted by atomic mass is 9.92. The highest BCUT2D eigenvalue weighted by Crippen LogP contribution is 2.34. The number of amides is 1. The van der Waals surface area contributed by atoms with Gasteiger partial charge in [-0.2, -0.15) is 0 Å². The number of nitrogens with zero attached hydrogens (tertiary/aromatic N) is 3. The number of halogens is 2. The van der Waals surface area contributed by atoms with Gasteiger partial charge in [0.2, 0.25) is 5.91 Å². The minimum atomic E-state index is -1.02. The summed E-state index contributed by atoms with van der Waals surface area (Å²) in [6.07, 6.45) is 1.68. The quantitative estimate of drug-likeness (QED) is 0.558. The first-order valence-corrected chi connectivity index (χ1v) is 10.2. The maximum absolute atomic E-state index is 14.0. The number of aromatic nitrogens is 1. The lowest BCUT2D eigenvalue weighted by molar-refractivity contribution is -0.135. The lowest BCUT2D eigenvalue weighted by Crippen LogP contribution is -2.50. The van der Waals surface area contributed by atoms with E-state index in [0.29, 0.717) is 18.8 Å². The molecule has 9 heteroatoms. The zero-order valence-electron chi connectivity index (χ0n) is 16.3. The van der Waals surface area contributed by atoms with E-state index in [9.17, 15) is 18.7 Å². The lowest BCUT2D eigenvalue weighted by Gasteiger charge is -2.42. The van der Waals surface area contributed by atoms with Gasteiger partial charge in [-0.15, -0.1) is 0 Å². The van der Waals surface area contributed by atoms with Crippen LogP contribution in [0.2, 0.25) is 0 Å². The monoisotopic (exact) mass is 433 g/mol. The molecule has 2 aromatic rings. The summed E-state index contributed by atoms with van der Waals surface area (Å²) in [7, 11) is 1.60. The standard InChI is InChI=1S/C21H21F2N3O3S/c1-29-16-3-5-20(24-7-16)30-26-10-14(11-26)13-8-25(9-13)21(28)18(12-27)17-4-2-15(22)6-19(17)23/h2-7,18,27H,8-12H2,1H3. The van der Waals surface area contributed by atoms with Crippen LogP contribution in [0.5, 0.6) is 5.75 Å². The Morgan fingerprint density at radius 2 is 1.93 bits per heavy atom. The van der Waals surface area contributed by atoms with Gasteiger partial charge in [0.15, 0.2) is 0 Å². The maximum Gasteiger partial charge on any atom is 0.233 e. The van der Waals surface area contributed by atoms with Gasteiger partial charge in [-0.1, -0.05) is 6.07 Å². The molecule has 4 rings (SSSR count). The number of carbonyl (C=O) groups excluding carboxylic acids is 1. The highest BCUT2D eigenvalue weighted by Gasteiger charge is 2.36. The van der Waals surface area contributed by atoms with Crippen molar-refractivity contribution >= 4 is 17.9 Å². The summed E-state index contributed by atoms with van der Waals surface area (Å²) in [5.41, 5.74) is 2.50. The molecule has 3 heterocycles. The number of aliphatic hydroxyl groups is 1. The molecule has 1 unspecified atom stereocenters. The van der Waals surface area contributed by atoms with E-state index in [1.165, 1.54) is 17.2 Å². The molecular formula is C21H21F2N3O3S. The van der Waals surface area contributed by atoms with E-state index >= 15 is 0 Å². The minimum absolute atomic E-state index is 0.0169. The number of methoxy groups -OCH3 is 1. The van der Waals surface area contributed by atoms with Gasteiger partial charge in [-0.3, -0.25) is 4.79 Å². The number of pyridine rings is 1. The molecule has 0 aliphatic carbocycles. The van der Waals surface area contributed by atoms with Gasteiger partial charge in [-0.25, -0.2) is 18.1 Å². The van der Waals surface area contributed by atoms with Crippen molar-refractivity contribution in [2.45, 2.75) is 10.9 Å². The Morgan fingerprint density at radius 3 is 2.53 bits per heavy atom. The van der Waals surface area contributed by atoms with Crippen molar-refractivity contribution in [3.05, 3.63) is 64.9 Å². The van der Waals surface area contributed by atoms with Crippen molar-refractivity contribution in [1.82, 2.24) is 14.2 Å². The molecule has 1 aromatic heterocycles. The van der Waals surface area contributed by atoms with Crippen molar-refractivity contribution in [1.29, 1.82) is 0 Å². The Balaban J connectivity index is 1.31. The second-order valence-electron chi connectivity index (χ2n) is 7.23. The first kappa shape index (κ1) is 20.8. The predicted molar refractivity (Wildman–Crippen MR) is 108 cm³/mol. The number of ether oxygens (including phenoxy) is 1. The zero-order chi connectivity index (χ0) is 21.3. The van der Waals surface area contributed by atoms with Crippen LogP contribution in [0.3, 0.4) is 0 Å². The number of benzene rings is 1. The molecule has 1 N–H and O–H groups in total. The second-order valence-corrected chi connectivity index (χ2v) is 8.35. The van der Waals surface area contributed by atoms with Crippen molar-refractivity contribution in [2.75, 3.05) is 39.9 Å². The van der Waals surface area contributed by atoms with Gasteiger partial charge in [0.25, 0.3) is 0 Å². The van der Waals surface area contributed by atoms with Crippen LogP contribution < -0.4 is 4.74 Å². The van der Waals surface area contributed by atoms with Crippen molar-refractivity contribution in [3.8, 4) is 5.75 Å².